The Hall–Kier alpha value is -4.87. The van der Waals surface area contributed by atoms with E-state index in [0.717, 1.165) is 40.4 Å². The number of aliphatic imine (C=N–C) groups is 1. The normalized spacial score (nSPS) is 13.8. The lowest BCUT2D eigenvalue weighted by Crippen LogP contribution is -2.50. The monoisotopic (exact) mass is 679 g/mol. The molecule has 0 aliphatic carbocycles. The maximum absolute atomic E-state index is 13.2. The van der Waals surface area contributed by atoms with Crippen molar-refractivity contribution in [3.05, 3.63) is 108 Å². The van der Waals surface area contributed by atoms with Gasteiger partial charge in [-0.2, -0.15) is 10.0 Å². The first kappa shape index (κ1) is 37.9. The largest absolute Gasteiger partial charge is 0.758 e. The Balaban J connectivity index is 1.52. The molecule has 50 heavy (non-hydrogen) atoms. The number of anilines is 3. The molecule has 4 aromatic carbocycles. The average molecular weight is 680 g/mol. The second-order valence-corrected chi connectivity index (χ2v) is 12.9. The molecule has 2 N–H and O–H groups in total. The number of rotatable bonds is 17. The van der Waals surface area contributed by atoms with Gasteiger partial charge in [0.25, 0.3) is 0 Å². The Morgan fingerprint density at radius 2 is 1.34 bits per heavy atom. The van der Waals surface area contributed by atoms with Crippen molar-refractivity contribution in [2.75, 3.05) is 36.7 Å². The second kappa shape index (κ2) is 15.8. The van der Waals surface area contributed by atoms with Gasteiger partial charge in [-0.15, -0.1) is 6.58 Å². The minimum absolute atomic E-state index is 0.221. The fourth-order valence-corrected chi connectivity index (χ4v) is 5.50. The lowest BCUT2D eigenvalue weighted by Gasteiger charge is -2.46. The van der Waals surface area contributed by atoms with Gasteiger partial charge in [-0.3, -0.25) is 10.2 Å². The van der Waals surface area contributed by atoms with Crippen molar-refractivity contribution in [2.24, 2.45) is 4.99 Å². The molecule has 2 unspecified atom stereocenters. The van der Waals surface area contributed by atoms with Crippen LogP contribution in [0.3, 0.4) is 0 Å². The van der Waals surface area contributed by atoms with Crippen molar-refractivity contribution in [1.29, 1.82) is 0 Å². The minimum atomic E-state index is -0.680. The predicted octanol–water partition coefficient (Wildman–Crippen LogP) is 10.0. The topological polar surface area (TPSA) is 107 Å². The van der Waals surface area contributed by atoms with Gasteiger partial charge in [-0.05, 0) is 87.4 Å². The summed E-state index contributed by atoms with van der Waals surface area (Å²) in [4.78, 5) is 10.1. The third-order valence-electron chi connectivity index (χ3n) is 9.99. The van der Waals surface area contributed by atoms with E-state index >= 15 is 0 Å². The van der Waals surface area contributed by atoms with Gasteiger partial charge in [0.15, 0.2) is 17.1 Å². The SMILES string of the molecule is C=CC(C)(CC)N([O-])c1ccc(-c2ccc(N([O-])Oc3ccc([N+](C)(NC)c4ccc(OC(C)(CC)CC)c(N=C)c4)cc3NC)cc2)cc1. The number of benzene rings is 4. The molecule has 0 amide bonds. The molecule has 0 saturated carbocycles. The van der Waals surface area contributed by atoms with E-state index in [2.05, 4.69) is 49.8 Å². The third kappa shape index (κ3) is 7.79. The molecule has 266 valence electrons. The fraction of sp³-hybridized carbons (Fsp3) is 0.325. The molecule has 0 radical (unpaired) electrons. The predicted molar refractivity (Wildman–Crippen MR) is 211 cm³/mol. The van der Waals surface area contributed by atoms with E-state index in [9.17, 15) is 10.4 Å². The first-order chi connectivity index (χ1) is 23.8. The summed E-state index contributed by atoms with van der Waals surface area (Å²) in [5.74, 6) is 1.05. The van der Waals surface area contributed by atoms with Crippen LogP contribution in [0.25, 0.3) is 11.1 Å². The van der Waals surface area contributed by atoms with Gasteiger partial charge in [0.1, 0.15) is 17.0 Å². The molecule has 4 rings (SSSR count). The van der Waals surface area contributed by atoms with Crippen LogP contribution < -0.4 is 35.2 Å². The summed E-state index contributed by atoms with van der Waals surface area (Å²) in [5.41, 5.74) is 8.22. The first-order valence-electron chi connectivity index (χ1n) is 17.0. The molecule has 0 aromatic heterocycles. The summed E-state index contributed by atoms with van der Waals surface area (Å²) in [5, 5.41) is 30.7. The Morgan fingerprint density at radius 3 is 1.82 bits per heavy atom. The molecule has 0 aliphatic heterocycles. The van der Waals surface area contributed by atoms with E-state index in [1.165, 1.54) is 0 Å². The van der Waals surface area contributed by atoms with Crippen LogP contribution >= 0.6 is 0 Å². The van der Waals surface area contributed by atoms with Crippen molar-refractivity contribution in [1.82, 2.24) is 10.0 Å². The van der Waals surface area contributed by atoms with E-state index in [0.29, 0.717) is 45.9 Å². The van der Waals surface area contributed by atoms with E-state index < -0.39 is 5.54 Å². The molecule has 10 nitrogen and oxygen atoms in total. The molecule has 0 bridgehead atoms. The zero-order valence-corrected chi connectivity index (χ0v) is 30.6. The van der Waals surface area contributed by atoms with Gasteiger partial charge in [0.2, 0.25) is 0 Å². The van der Waals surface area contributed by atoms with Crippen LogP contribution in [-0.2, 0) is 0 Å². The molecule has 0 aliphatic rings. The van der Waals surface area contributed by atoms with E-state index in [1.807, 2.05) is 82.5 Å². The van der Waals surface area contributed by atoms with Crippen LogP contribution in [0.2, 0.25) is 0 Å². The highest BCUT2D eigenvalue weighted by molar-refractivity contribution is 5.72. The Bertz CT molecular complexity index is 1760. The van der Waals surface area contributed by atoms with Crippen molar-refractivity contribution in [2.45, 2.75) is 65.0 Å². The molecule has 4 aromatic rings. The van der Waals surface area contributed by atoms with Gasteiger partial charge >= 0.3 is 0 Å². The third-order valence-corrected chi connectivity index (χ3v) is 9.99. The zero-order chi connectivity index (χ0) is 36.7. The number of nitrogens with one attached hydrogen (secondary N) is 2. The lowest BCUT2D eigenvalue weighted by atomic mass is 9.97. The quantitative estimate of drug-likeness (QED) is 0.0491. The van der Waals surface area contributed by atoms with Crippen LogP contribution in [0.5, 0.6) is 11.5 Å². The Morgan fingerprint density at radius 1 is 0.800 bits per heavy atom. The molecule has 0 heterocycles. The van der Waals surface area contributed by atoms with Crippen molar-refractivity contribution in [3.8, 4) is 22.6 Å². The highest BCUT2D eigenvalue weighted by Crippen LogP contribution is 2.41. The van der Waals surface area contributed by atoms with Gasteiger partial charge < -0.3 is 30.4 Å². The van der Waals surface area contributed by atoms with Crippen molar-refractivity contribution in [3.63, 3.8) is 0 Å². The first-order valence-corrected chi connectivity index (χ1v) is 17.0. The summed E-state index contributed by atoms with van der Waals surface area (Å²) in [6.45, 7) is 17.8. The Labute approximate surface area is 297 Å². The number of hydroxylamine groups is 1. The average Bonchev–Trinajstić information content (AvgIpc) is 3.17. The number of hydrogen-bond acceptors (Lipinski definition) is 9. The summed E-state index contributed by atoms with van der Waals surface area (Å²) < 4.78 is 6.60. The van der Waals surface area contributed by atoms with Crippen molar-refractivity contribution >= 4 is 40.8 Å². The number of hydrogen-bond donors (Lipinski definition) is 2. The highest BCUT2D eigenvalue weighted by atomic mass is 16.9. The maximum atomic E-state index is 13.2. The molecule has 10 heteroatoms. The van der Waals surface area contributed by atoms with Gasteiger partial charge in [-0.25, -0.2) is 0 Å². The van der Waals surface area contributed by atoms with Crippen LogP contribution in [0.15, 0.2) is 103 Å². The minimum Gasteiger partial charge on any atom is -0.758 e. The molecule has 0 saturated heterocycles. The second-order valence-electron chi connectivity index (χ2n) is 12.9. The van der Waals surface area contributed by atoms with E-state index in [4.69, 9.17) is 9.57 Å². The van der Waals surface area contributed by atoms with Gasteiger partial charge in [0.05, 0.1) is 18.4 Å². The fourth-order valence-electron chi connectivity index (χ4n) is 5.50. The molecule has 0 fully saturated rings. The molecular weight excluding hydrogens is 628 g/mol. The van der Waals surface area contributed by atoms with Gasteiger partial charge in [0, 0.05) is 49.6 Å². The van der Waals surface area contributed by atoms with E-state index in [1.54, 1.807) is 43.5 Å². The summed E-state index contributed by atoms with van der Waals surface area (Å²) in [6, 6.07) is 26.0. The molecular formula is C40H51N6O4-. The molecule has 2 atom stereocenters. The maximum Gasteiger partial charge on any atom is 0.177 e. The van der Waals surface area contributed by atoms with E-state index in [-0.39, 0.29) is 10.2 Å². The summed E-state index contributed by atoms with van der Waals surface area (Å²) >= 11 is 0. The number of ether oxygens (including phenoxy) is 1. The van der Waals surface area contributed by atoms with Gasteiger partial charge in [-0.1, -0.05) is 51.1 Å². The number of quaternary nitrogens is 1. The van der Waals surface area contributed by atoms with Crippen LogP contribution in [0.4, 0.5) is 34.1 Å². The summed E-state index contributed by atoms with van der Waals surface area (Å²) in [7, 11) is 5.68. The molecule has 0 spiro atoms. The smallest absolute Gasteiger partial charge is 0.177 e. The van der Waals surface area contributed by atoms with Crippen molar-refractivity contribution < 1.29 is 9.57 Å². The highest BCUT2D eigenvalue weighted by Gasteiger charge is 2.31. The number of nitrogens with zero attached hydrogens (tertiary/aromatic N) is 4. The van der Waals surface area contributed by atoms with Crippen LogP contribution in [0, 0.1) is 10.4 Å². The Kier molecular flexibility index (Phi) is 12.0. The van der Waals surface area contributed by atoms with Crippen LogP contribution in [0.1, 0.15) is 53.9 Å². The standard InChI is InChI=1S/C40H51N6O4/c1-11-39(5,12-2)44(47)31-19-15-29(16-20-31)30-17-21-32(22-18-30)45(48)50-38-26-24-34(28-36(38)42-8)46(10,43-9)33-23-25-37(35(27-33)41-7)49-40(6,13-3)14-4/h11,15-28,42-43H,1,7,12-14H2,2-6,8-10H3/q-1. The zero-order valence-electron chi connectivity index (χ0n) is 30.6. The van der Waals surface area contributed by atoms with Crippen LogP contribution in [-0.4, -0.2) is 39.0 Å². The lowest BCUT2D eigenvalue weighted by molar-refractivity contribution is 0.0810. The summed E-state index contributed by atoms with van der Waals surface area (Å²) in [6.07, 6.45) is 4.06.